The average Bonchev–Trinajstić information content (AvgIpc) is 2.79. The van der Waals surface area contributed by atoms with Gasteiger partial charge in [-0.15, -0.1) is 0 Å². The third-order valence-corrected chi connectivity index (χ3v) is 7.54. The highest BCUT2D eigenvalue weighted by atomic mass is 35.5. The molecule has 34 heavy (non-hydrogen) atoms. The molecule has 0 spiro atoms. The van der Waals surface area contributed by atoms with Crippen molar-refractivity contribution in [3.63, 3.8) is 0 Å². The summed E-state index contributed by atoms with van der Waals surface area (Å²) in [6, 6.07) is 18.9. The monoisotopic (exact) mass is 502 g/mol. The summed E-state index contributed by atoms with van der Waals surface area (Å²) in [5.74, 6) is -1.19. The number of anilines is 1. The maximum absolute atomic E-state index is 13.7. The molecule has 0 radical (unpaired) electrons. The van der Waals surface area contributed by atoms with Gasteiger partial charge >= 0.3 is 0 Å². The second-order valence-electron chi connectivity index (χ2n) is 9.08. The Bertz CT molecular complexity index is 1260. The van der Waals surface area contributed by atoms with Gasteiger partial charge in [0, 0.05) is 0 Å². The van der Waals surface area contributed by atoms with Crippen LogP contribution in [0.25, 0.3) is 0 Å². The zero-order chi connectivity index (χ0) is 25.1. The van der Waals surface area contributed by atoms with Gasteiger partial charge in [0.25, 0.3) is 10.0 Å². The molecule has 8 heteroatoms. The van der Waals surface area contributed by atoms with Crippen LogP contribution < -0.4 is 9.62 Å². The van der Waals surface area contributed by atoms with E-state index in [1.807, 2.05) is 31.2 Å². The maximum atomic E-state index is 13.7. The standard InChI is InChI=1S/C26H28ClFN2O3S/c1-18(19-10-12-20(13-11-19)26(2,3)4)29-25(31)17-30(21-14-15-24(28)23(27)16-21)34(32,33)22-8-6-5-7-9-22/h5-16,18H,17H2,1-4H3,(H,29,31)/t18-/m0/s1. The van der Waals surface area contributed by atoms with E-state index in [4.69, 9.17) is 11.6 Å². The van der Waals surface area contributed by atoms with Crippen molar-refractivity contribution in [1.29, 1.82) is 0 Å². The molecule has 1 N–H and O–H groups in total. The fourth-order valence-electron chi connectivity index (χ4n) is 3.45. The first-order valence-electron chi connectivity index (χ1n) is 10.8. The summed E-state index contributed by atoms with van der Waals surface area (Å²) >= 11 is 5.90. The summed E-state index contributed by atoms with van der Waals surface area (Å²) in [6.07, 6.45) is 0. The zero-order valence-corrected chi connectivity index (χ0v) is 21.1. The van der Waals surface area contributed by atoms with Crippen molar-refractivity contribution in [3.05, 3.63) is 94.8 Å². The summed E-state index contributed by atoms with van der Waals surface area (Å²) in [5, 5.41) is 2.61. The van der Waals surface area contributed by atoms with Crippen LogP contribution in [0.15, 0.2) is 77.7 Å². The molecule has 0 saturated heterocycles. The molecule has 180 valence electrons. The number of nitrogens with one attached hydrogen (secondary N) is 1. The molecule has 1 amide bonds. The molecular formula is C26H28ClFN2O3S. The Hall–Kier alpha value is -2.90. The van der Waals surface area contributed by atoms with E-state index in [-0.39, 0.29) is 27.1 Å². The lowest BCUT2D eigenvalue weighted by Gasteiger charge is -2.25. The molecule has 0 aromatic heterocycles. The van der Waals surface area contributed by atoms with Gasteiger partial charge in [0.2, 0.25) is 5.91 Å². The maximum Gasteiger partial charge on any atom is 0.264 e. The largest absolute Gasteiger partial charge is 0.348 e. The zero-order valence-electron chi connectivity index (χ0n) is 19.5. The predicted molar refractivity (Wildman–Crippen MR) is 134 cm³/mol. The van der Waals surface area contributed by atoms with Crippen molar-refractivity contribution in [1.82, 2.24) is 5.32 Å². The van der Waals surface area contributed by atoms with Crippen LogP contribution in [0, 0.1) is 5.82 Å². The molecule has 3 rings (SSSR count). The first kappa shape index (κ1) is 25.7. The third kappa shape index (κ3) is 5.96. The Kier molecular flexibility index (Phi) is 7.68. The molecule has 0 aliphatic heterocycles. The van der Waals surface area contributed by atoms with Crippen LogP contribution >= 0.6 is 11.6 Å². The number of hydrogen-bond donors (Lipinski definition) is 1. The van der Waals surface area contributed by atoms with Crippen LogP contribution in [0.4, 0.5) is 10.1 Å². The van der Waals surface area contributed by atoms with E-state index < -0.39 is 28.3 Å². The summed E-state index contributed by atoms with van der Waals surface area (Å²) in [6.45, 7) is 7.70. The van der Waals surface area contributed by atoms with Crippen LogP contribution in [0.5, 0.6) is 0 Å². The fourth-order valence-corrected chi connectivity index (χ4v) is 5.06. The van der Waals surface area contributed by atoms with Gasteiger partial charge in [-0.2, -0.15) is 0 Å². The molecule has 0 bridgehead atoms. The molecular weight excluding hydrogens is 475 g/mol. The van der Waals surface area contributed by atoms with Crippen molar-refractivity contribution < 1.29 is 17.6 Å². The smallest absolute Gasteiger partial charge is 0.264 e. The Labute approximate surface area is 205 Å². The number of benzene rings is 3. The minimum Gasteiger partial charge on any atom is -0.348 e. The van der Waals surface area contributed by atoms with Crippen LogP contribution in [-0.2, 0) is 20.2 Å². The number of rotatable bonds is 7. The minimum atomic E-state index is -4.11. The molecule has 0 fully saturated rings. The highest BCUT2D eigenvalue weighted by Crippen LogP contribution is 2.28. The number of sulfonamides is 1. The van der Waals surface area contributed by atoms with E-state index in [1.165, 1.54) is 29.8 Å². The van der Waals surface area contributed by atoms with Gasteiger partial charge in [0.05, 0.1) is 21.6 Å². The van der Waals surface area contributed by atoms with E-state index in [2.05, 4.69) is 26.1 Å². The van der Waals surface area contributed by atoms with Crippen LogP contribution in [-0.4, -0.2) is 20.9 Å². The van der Waals surface area contributed by atoms with Gasteiger partial charge in [-0.05, 0) is 53.8 Å². The average molecular weight is 503 g/mol. The summed E-state index contributed by atoms with van der Waals surface area (Å²) < 4.78 is 41.4. The van der Waals surface area contributed by atoms with Gasteiger partial charge in [0.1, 0.15) is 12.4 Å². The predicted octanol–water partition coefficient (Wildman–Crippen LogP) is 5.85. The minimum absolute atomic E-state index is 0.00769. The number of halogens is 2. The van der Waals surface area contributed by atoms with Crippen molar-refractivity contribution in [2.45, 2.75) is 44.0 Å². The van der Waals surface area contributed by atoms with Crippen molar-refractivity contribution in [2.24, 2.45) is 0 Å². The van der Waals surface area contributed by atoms with Gasteiger partial charge < -0.3 is 5.32 Å². The quantitative estimate of drug-likeness (QED) is 0.440. The van der Waals surface area contributed by atoms with Crippen molar-refractivity contribution in [2.75, 3.05) is 10.8 Å². The molecule has 3 aromatic rings. The molecule has 5 nitrogen and oxygen atoms in total. The van der Waals surface area contributed by atoms with Gasteiger partial charge in [-0.1, -0.05) is 74.8 Å². The number of hydrogen-bond acceptors (Lipinski definition) is 3. The van der Waals surface area contributed by atoms with E-state index in [0.29, 0.717) is 0 Å². The van der Waals surface area contributed by atoms with E-state index in [0.717, 1.165) is 15.9 Å². The van der Waals surface area contributed by atoms with Gasteiger partial charge in [-0.25, -0.2) is 12.8 Å². The highest BCUT2D eigenvalue weighted by Gasteiger charge is 2.28. The Balaban J connectivity index is 1.86. The van der Waals surface area contributed by atoms with E-state index >= 15 is 0 Å². The lowest BCUT2D eigenvalue weighted by Crippen LogP contribution is -2.41. The van der Waals surface area contributed by atoms with E-state index in [1.54, 1.807) is 18.2 Å². The Morgan fingerprint density at radius 1 is 1.03 bits per heavy atom. The molecule has 0 unspecified atom stereocenters. The van der Waals surface area contributed by atoms with Crippen LogP contribution in [0.2, 0.25) is 5.02 Å². The Morgan fingerprint density at radius 3 is 2.21 bits per heavy atom. The van der Waals surface area contributed by atoms with Crippen molar-refractivity contribution in [3.8, 4) is 0 Å². The topological polar surface area (TPSA) is 66.5 Å². The molecule has 3 aromatic carbocycles. The number of amides is 1. The lowest BCUT2D eigenvalue weighted by molar-refractivity contribution is -0.120. The Morgan fingerprint density at radius 2 is 1.65 bits per heavy atom. The summed E-state index contributed by atoms with van der Waals surface area (Å²) in [4.78, 5) is 13.0. The molecule has 0 heterocycles. The summed E-state index contributed by atoms with van der Waals surface area (Å²) in [5.41, 5.74) is 2.16. The second-order valence-corrected chi connectivity index (χ2v) is 11.4. The number of carbonyl (C=O) groups is 1. The summed E-state index contributed by atoms with van der Waals surface area (Å²) in [7, 11) is -4.11. The van der Waals surface area contributed by atoms with E-state index in [9.17, 15) is 17.6 Å². The van der Waals surface area contributed by atoms with Crippen LogP contribution in [0.1, 0.15) is 44.9 Å². The first-order chi connectivity index (χ1) is 15.9. The third-order valence-electron chi connectivity index (χ3n) is 5.46. The van der Waals surface area contributed by atoms with Crippen molar-refractivity contribution >= 4 is 33.2 Å². The molecule has 0 saturated carbocycles. The lowest BCUT2D eigenvalue weighted by atomic mass is 9.86. The SMILES string of the molecule is C[C@H](NC(=O)CN(c1ccc(F)c(Cl)c1)S(=O)(=O)c1ccccc1)c1ccc(C(C)(C)C)cc1. The molecule has 0 aliphatic rings. The van der Waals surface area contributed by atoms with Gasteiger partial charge in [0.15, 0.2) is 0 Å². The first-order valence-corrected chi connectivity index (χ1v) is 12.6. The van der Waals surface area contributed by atoms with Crippen LogP contribution in [0.3, 0.4) is 0 Å². The number of carbonyl (C=O) groups excluding carboxylic acids is 1. The number of nitrogens with zero attached hydrogens (tertiary/aromatic N) is 1. The highest BCUT2D eigenvalue weighted by molar-refractivity contribution is 7.92. The fraction of sp³-hybridized carbons (Fsp3) is 0.269. The van der Waals surface area contributed by atoms with Gasteiger partial charge in [-0.3, -0.25) is 9.10 Å². The normalized spacial score (nSPS) is 12.8. The molecule has 1 atom stereocenters. The molecule has 0 aliphatic carbocycles. The second kappa shape index (κ2) is 10.2.